The Hall–Kier alpha value is -1.35. The molecule has 0 bridgehead atoms. The molecule has 1 aromatic rings. The average molecular weight is 274 g/mol. The van der Waals surface area contributed by atoms with Crippen molar-refractivity contribution in [2.75, 3.05) is 20.1 Å². The molecule has 0 saturated carbocycles. The van der Waals surface area contributed by atoms with Gasteiger partial charge in [0.05, 0.1) is 0 Å². The minimum absolute atomic E-state index is 0.270. The van der Waals surface area contributed by atoms with Crippen LogP contribution in [0.25, 0.3) is 0 Å². The van der Waals surface area contributed by atoms with E-state index in [4.69, 9.17) is 0 Å². The van der Waals surface area contributed by atoms with Gasteiger partial charge in [-0.3, -0.25) is 4.79 Å². The summed E-state index contributed by atoms with van der Waals surface area (Å²) in [5, 5.41) is 3.32. The summed E-state index contributed by atoms with van der Waals surface area (Å²) in [5.74, 6) is 0.603. The van der Waals surface area contributed by atoms with E-state index < -0.39 is 0 Å². The van der Waals surface area contributed by atoms with E-state index in [1.165, 1.54) is 11.1 Å². The van der Waals surface area contributed by atoms with Gasteiger partial charge in [0, 0.05) is 26.1 Å². The van der Waals surface area contributed by atoms with E-state index in [1.807, 2.05) is 11.9 Å². The number of nitrogens with zero attached hydrogens (tertiary/aromatic N) is 1. The number of nitrogens with one attached hydrogen (secondary N) is 1. The Kier molecular flexibility index (Phi) is 5.18. The topological polar surface area (TPSA) is 32.3 Å². The monoisotopic (exact) mass is 274 g/mol. The van der Waals surface area contributed by atoms with Gasteiger partial charge in [-0.1, -0.05) is 36.8 Å². The van der Waals surface area contributed by atoms with Crippen molar-refractivity contribution in [3.8, 4) is 0 Å². The molecule has 0 radical (unpaired) electrons. The molecule has 1 aliphatic heterocycles. The van der Waals surface area contributed by atoms with Crippen molar-refractivity contribution < 1.29 is 4.79 Å². The van der Waals surface area contributed by atoms with Gasteiger partial charge in [-0.25, -0.2) is 0 Å². The number of hydrogen-bond acceptors (Lipinski definition) is 2. The normalized spacial score (nSPS) is 19.9. The van der Waals surface area contributed by atoms with Crippen molar-refractivity contribution in [1.82, 2.24) is 10.2 Å². The Labute approximate surface area is 122 Å². The molecule has 1 saturated heterocycles. The van der Waals surface area contributed by atoms with Gasteiger partial charge in [-0.05, 0) is 37.8 Å². The van der Waals surface area contributed by atoms with Crippen LogP contribution in [-0.2, 0) is 4.79 Å². The van der Waals surface area contributed by atoms with Crippen molar-refractivity contribution in [2.45, 2.75) is 45.1 Å². The van der Waals surface area contributed by atoms with Gasteiger partial charge in [-0.15, -0.1) is 0 Å². The molecule has 2 rings (SSSR count). The third kappa shape index (κ3) is 3.60. The summed E-state index contributed by atoms with van der Waals surface area (Å²) in [6.07, 6.45) is 2.70. The molecule has 2 atom stereocenters. The van der Waals surface area contributed by atoms with E-state index in [1.54, 1.807) is 0 Å². The molecule has 2 unspecified atom stereocenters. The Morgan fingerprint density at radius 3 is 2.65 bits per heavy atom. The number of hydrogen-bond donors (Lipinski definition) is 1. The van der Waals surface area contributed by atoms with Gasteiger partial charge >= 0.3 is 0 Å². The van der Waals surface area contributed by atoms with Gasteiger partial charge in [-0.2, -0.15) is 0 Å². The van der Waals surface area contributed by atoms with E-state index in [0.717, 1.165) is 25.9 Å². The van der Waals surface area contributed by atoms with E-state index in [2.05, 4.69) is 43.4 Å². The summed E-state index contributed by atoms with van der Waals surface area (Å²) in [7, 11) is 1.95. The first-order valence-electron chi connectivity index (χ1n) is 7.64. The largest absolute Gasteiger partial charge is 0.341 e. The highest BCUT2D eigenvalue weighted by Crippen LogP contribution is 2.25. The molecule has 20 heavy (non-hydrogen) atoms. The Morgan fingerprint density at radius 1 is 1.40 bits per heavy atom. The number of carbonyl (C=O) groups excluding carboxylic acids is 1. The lowest BCUT2D eigenvalue weighted by molar-refractivity contribution is -0.132. The van der Waals surface area contributed by atoms with E-state index in [0.29, 0.717) is 18.4 Å². The fraction of sp³-hybridized carbons (Fsp3) is 0.588. The fourth-order valence-corrected chi connectivity index (χ4v) is 2.86. The zero-order valence-electron chi connectivity index (χ0n) is 12.9. The number of rotatable bonds is 5. The molecule has 1 N–H and O–H groups in total. The number of carbonyl (C=O) groups is 1. The minimum atomic E-state index is 0.270. The van der Waals surface area contributed by atoms with Crippen LogP contribution in [-0.4, -0.2) is 37.0 Å². The second-order valence-electron chi connectivity index (χ2n) is 5.87. The lowest BCUT2D eigenvalue weighted by atomic mass is 9.92. The molecule has 0 aromatic heterocycles. The summed E-state index contributed by atoms with van der Waals surface area (Å²) >= 11 is 0. The lowest BCUT2D eigenvalue weighted by Gasteiger charge is -2.26. The van der Waals surface area contributed by atoms with Gasteiger partial charge in [0.2, 0.25) is 5.91 Å². The summed E-state index contributed by atoms with van der Waals surface area (Å²) in [6, 6.07) is 8.96. The highest BCUT2D eigenvalue weighted by molar-refractivity contribution is 5.77. The number of amides is 1. The molecular weight excluding hydrogens is 248 g/mol. The first-order chi connectivity index (χ1) is 9.61. The molecule has 0 aliphatic carbocycles. The number of likely N-dealkylation sites (N-methyl/N-ethyl adjacent to an activating group) is 1. The second kappa shape index (κ2) is 6.89. The zero-order chi connectivity index (χ0) is 14.5. The minimum Gasteiger partial charge on any atom is -0.341 e. The zero-order valence-corrected chi connectivity index (χ0v) is 12.9. The van der Waals surface area contributed by atoms with Crippen LogP contribution in [0.3, 0.4) is 0 Å². The summed E-state index contributed by atoms with van der Waals surface area (Å²) < 4.78 is 0. The van der Waals surface area contributed by atoms with Crippen LogP contribution >= 0.6 is 0 Å². The third-order valence-corrected chi connectivity index (χ3v) is 4.44. The predicted octanol–water partition coefficient (Wildman–Crippen LogP) is 2.70. The molecule has 1 aromatic carbocycles. The van der Waals surface area contributed by atoms with Crippen LogP contribution in [0.15, 0.2) is 24.3 Å². The molecule has 110 valence electrons. The molecule has 1 heterocycles. The fourth-order valence-electron chi connectivity index (χ4n) is 2.86. The first kappa shape index (κ1) is 15.0. The number of aryl methyl sites for hydroxylation is 1. The Balaban J connectivity index is 1.98. The maximum absolute atomic E-state index is 12.4. The van der Waals surface area contributed by atoms with Gasteiger partial charge in [0.25, 0.3) is 0 Å². The lowest BCUT2D eigenvalue weighted by Crippen LogP contribution is -2.38. The summed E-state index contributed by atoms with van der Waals surface area (Å²) in [6.45, 7) is 6.21. The molecular formula is C17H26N2O. The maximum Gasteiger partial charge on any atom is 0.223 e. The number of benzene rings is 1. The smallest absolute Gasteiger partial charge is 0.223 e. The van der Waals surface area contributed by atoms with Crippen LogP contribution in [0, 0.1) is 6.92 Å². The van der Waals surface area contributed by atoms with E-state index >= 15 is 0 Å². The molecule has 1 aliphatic rings. The van der Waals surface area contributed by atoms with Crippen LogP contribution < -0.4 is 5.32 Å². The van der Waals surface area contributed by atoms with Crippen molar-refractivity contribution in [3.63, 3.8) is 0 Å². The molecule has 1 fully saturated rings. The van der Waals surface area contributed by atoms with E-state index in [-0.39, 0.29) is 5.91 Å². The highest BCUT2D eigenvalue weighted by atomic mass is 16.2. The van der Waals surface area contributed by atoms with Gasteiger partial charge < -0.3 is 10.2 Å². The van der Waals surface area contributed by atoms with Crippen molar-refractivity contribution in [1.29, 1.82) is 0 Å². The Morgan fingerprint density at radius 2 is 2.10 bits per heavy atom. The van der Waals surface area contributed by atoms with Crippen molar-refractivity contribution >= 4 is 5.91 Å². The predicted molar refractivity (Wildman–Crippen MR) is 82.9 cm³/mol. The quantitative estimate of drug-likeness (QED) is 0.895. The third-order valence-electron chi connectivity index (χ3n) is 4.44. The SMILES string of the molecule is CCC(CC(=O)N(C)C1CCNC1)c1ccc(C)cc1. The van der Waals surface area contributed by atoms with Crippen LogP contribution in [0.5, 0.6) is 0 Å². The van der Waals surface area contributed by atoms with Crippen LogP contribution in [0.1, 0.15) is 43.2 Å². The van der Waals surface area contributed by atoms with Crippen molar-refractivity contribution in [3.05, 3.63) is 35.4 Å². The van der Waals surface area contributed by atoms with Crippen molar-refractivity contribution in [2.24, 2.45) is 0 Å². The Bertz CT molecular complexity index is 435. The molecule has 0 spiro atoms. The highest BCUT2D eigenvalue weighted by Gasteiger charge is 2.25. The first-order valence-corrected chi connectivity index (χ1v) is 7.64. The summed E-state index contributed by atoms with van der Waals surface area (Å²) in [4.78, 5) is 14.4. The van der Waals surface area contributed by atoms with Crippen LogP contribution in [0.4, 0.5) is 0 Å². The molecule has 1 amide bonds. The summed E-state index contributed by atoms with van der Waals surface area (Å²) in [5.41, 5.74) is 2.55. The van der Waals surface area contributed by atoms with Gasteiger partial charge in [0.1, 0.15) is 0 Å². The average Bonchev–Trinajstić information content (AvgIpc) is 2.99. The second-order valence-corrected chi connectivity index (χ2v) is 5.87. The van der Waals surface area contributed by atoms with Gasteiger partial charge in [0.15, 0.2) is 0 Å². The standard InChI is InChI=1S/C17H26N2O/c1-4-14(15-7-5-13(2)6-8-15)11-17(20)19(3)16-9-10-18-12-16/h5-8,14,16,18H,4,9-12H2,1-3H3. The maximum atomic E-state index is 12.4. The van der Waals surface area contributed by atoms with Crippen LogP contribution in [0.2, 0.25) is 0 Å². The molecule has 3 heteroatoms. The van der Waals surface area contributed by atoms with E-state index in [9.17, 15) is 4.79 Å². The molecule has 3 nitrogen and oxygen atoms in total.